The maximum absolute atomic E-state index is 12.6. The second kappa shape index (κ2) is 6.11. The molecule has 0 aliphatic carbocycles. The molecule has 0 saturated carbocycles. The Balaban J connectivity index is 1.87. The fraction of sp³-hybridized carbons (Fsp3) is 0.188. The van der Waals surface area contributed by atoms with E-state index in [1.54, 1.807) is 11.6 Å². The lowest BCUT2D eigenvalue weighted by molar-refractivity contribution is 0.0949. The number of amides is 1. The van der Waals surface area contributed by atoms with E-state index in [1.165, 1.54) is 11.3 Å². The number of rotatable bonds is 5. The highest BCUT2D eigenvalue weighted by molar-refractivity contribution is 7.12. The Labute approximate surface area is 131 Å². The number of para-hydroxylation sites is 1. The fourth-order valence-electron chi connectivity index (χ4n) is 2.19. The van der Waals surface area contributed by atoms with Crippen LogP contribution in [-0.4, -0.2) is 28.2 Å². The molecule has 112 valence electrons. The standard InChI is InChI=1S/C16H15N3O2S/c1-2-7-17-15(21)13-9-22-16(19-13)14(20)11-8-18-12-6-4-3-5-10(11)12/h3-6,8-9,18H,2,7H2,1H3,(H,17,21). The Kier molecular flexibility index (Phi) is 4.02. The number of aromatic nitrogens is 2. The summed E-state index contributed by atoms with van der Waals surface area (Å²) in [5, 5.41) is 5.56. The van der Waals surface area contributed by atoms with E-state index in [-0.39, 0.29) is 11.7 Å². The first-order chi connectivity index (χ1) is 10.7. The van der Waals surface area contributed by atoms with Crippen molar-refractivity contribution in [3.8, 4) is 0 Å². The van der Waals surface area contributed by atoms with Crippen LogP contribution in [0.5, 0.6) is 0 Å². The lowest BCUT2D eigenvalue weighted by Crippen LogP contribution is -2.24. The molecule has 2 aromatic heterocycles. The number of nitrogens with one attached hydrogen (secondary N) is 2. The molecule has 1 amide bonds. The quantitative estimate of drug-likeness (QED) is 0.711. The first-order valence-electron chi connectivity index (χ1n) is 7.05. The number of hydrogen-bond donors (Lipinski definition) is 2. The molecule has 0 atom stereocenters. The molecule has 22 heavy (non-hydrogen) atoms. The van der Waals surface area contributed by atoms with Crippen molar-refractivity contribution in [2.24, 2.45) is 0 Å². The number of carbonyl (C=O) groups is 2. The van der Waals surface area contributed by atoms with E-state index in [0.29, 0.717) is 22.8 Å². The number of H-pyrrole nitrogens is 1. The molecule has 0 radical (unpaired) electrons. The van der Waals surface area contributed by atoms with Gasteiger partial charge < -0.3 is 10.3 Å². The molecule has 2 N–H and O–H groups in total. The van der Waals surface area contributed by atoms with Crippen LogP contribution in [0.1, 0.15) is 39.2 Å². The minimum atomic E-state index is -0.240. The van der Waals surface area contributed by atoms with Crippen molar-refractivity contribution in [1.82, 2.24) is 15.3 Å². The minimum Gasteiger partial charge on any atom is -0.360 e. The average Bonchev–Trinajstić information content (AvgIpc) is 3.19. The third-order valence-electron chi connectivity index (χ3n) is 3.30. The van der Waals surface area contributed by atoms with E-state index in [2.05, 4.69) is 15.3 Å². The normalized spacial score (nSPS) is 10.8. The van der Waals surface area contributed by atoms with Gasteiger partial charge in [0.05, 0.1) is 5.56 Å². The number of carbonyl (C=O) groups excluding carboxylic acids is 2. The van der Waals surface area contributed by atoms with Crippen LogP contribution >= 0.6 is 11.3 Å². The van der Waals surface area contributed by atoms with Crippen LogP contribution in [0.4, 0.5) is 0 Å². The third kappa shape index (κ3) is 2.65. The van der Waals surface area contributed by atoms with E-state index < -0.39 is 0 Å². The Morgan fingerprint density at radius 2 is 2.14 bits per heavy atom. The molecule has 0 aliphatic rings. The summed E-state index contributed by atoms with van der Waals surface area (Å²) in [6.07, 6.45) is 2.54. The second-order valence-electron chi connectivity index (χ2n) is 4.87. The summed E-state index contributed by atoms with van der Waals surface area (Å²) in [6.45, 7) is 2.58. The van der Waals surface area contributed by atoms with Crippen molar-refractivity contribution in [1.29, 1.82) is 0 Å². The minimum absolute atomic E-state index is 0.169. The summed E-state index contributed by atoms with van der Waals surface area (Å²) in [4.78, 5) is 31.7. The van der Waals surface area contributed by atoms with Crippen LogP contribution in [0.25, 0.3) is 10.9 Å². The molecule has 0 unspecified atom stereocenters. The summed E-state index contributed by atoms with van der Waals surface area (Å²) >= 11 is 1.19. The van der Waals surface area contributed by atoms with Gasteiger partial charge in [-0.3, -0.25) is 9.59 Å². The molecule has 0 saturated heterocycles. The van der Waals surface area contributed by atoms with Crippen molar-refractivity contribution in [2.75, 3.05) is 6.54 Å². The van der Waals surface area contributed by atoms with Crippen molar-refractivity contribution in [3.05, 3.63) is 52.1 Å². The Morgan fingerprint density at radius 1 is 1.32 bits per heavy atom. The highest BCUT2D eigenvalue weighted by Gasteiger charge is 2.19. The largest absolute Gasteiger partial charge is 0.360 e. The van der Waals surface area contributed by atoms with E-state index >= 15 is 0 Å². The van der Waals surface area contributed by atoms with E-state index in [1.807, 2.05) is 31.2 Å². The lowest BCUT2D eigenvalue weighted by atomic mass is 10.1. The van der Waals surface area contributed by atoms with Crippen molar-refractivity contribution in [2.45, 2.75) is 13.3 Å². The van der Waals surface area contributed by atoms with Crippen molar-refractivity contribution in [3.63, 3.8) is 0 Å². The second-order valence-corrected chi connectivity index (χ2v) is 5.73. The van der Waals surface area contributed by atoms with E-state index in [4.69, 9.17) is 0 Å². The van der Waals surface area contributed by atoms with Crippen LogP contribution in [0, 0.1) is 0 Å². The number of nitrogens with zero attached hydrogens (tertiary/aromatic N) is 1. The van der Waals surface area contributed by atoms with Gasteiger partial charge in [0.25, 0.3) is 5.91 Å². The SMILES string of the molecule is CCCNC(=O)c1csc(C(=O)c2c[nH]c3ccccc23)n1. The van der Waals surface area contributed by atoms with Crippen LogP contribution in [0.3, 0.4) is 0 Å². The molecule has 0 fully saturated rings. The summed E-state index contributed by atoms with van der Waals surface area (Å²) in [7, 11) is 0. The van der Waals surface area contributed by atoms with Crippen LogP contribution in [-0.2, 0) is 0 Å². The van der Waals surface area contributed by atoms with Gasteiger partial charge >= 0.3 is 0 Å². The van der Waals surface area contributed by atoms with Gasteiger partial charge in [-0.15, -0.1) is 11.3 Å². The predicted octanol–water partition coefficient (Wildman–Crippen LogP) is 3.00. The molecule has 3 aromatic rings. The maximum Gasteiger partial charge on any atom is 0.270 e. The third-order valence-corrected chi connectivity index (χ3v) is 4.14. The summed E-state index contributed by atoms with van der Waals surface area (Å²) in [5.74, 6) is -0.409. The highest BCUT2D eigenvalue weighted by atomic mass is 32.1. The van der Waals surface area contributed by atoms with Gasteiger partial charge in [0.2, 0.25) is 5.78 Å². The first kappa shape index (κ1) is 14.5. The monoisotopic (exact) mass is 313 g/mol. The molecular formula is C16H15N3O2S. The van der Waals surface area contributed by atoms with E-state index in [0.717, 1.165) is 17.3 Å². The number of ketones is 1. The van der Waals surface area contributed by atoms with Gasteiger partial charge in [0.1, 0.15) is 5.69 Å². The first-order valence-corrected chi connectivity index (χ1v) is 7.93. The van der Waals surface area contributed by atoms with Gasteiger partial charge in [0, 0.05) is 29.0 Å². The van der Waals surface area contributed by atoms with Crippen LogP contribution in [0.2, 0.25) is 0 Å². The van der Waals surface area contributed by atoms with E-state index in [9.17, 15) is 9.59 Å². The lowest BCUT2D eigenvalue weighted by Gasteiger charge is -1.99. The Bertz CT molecular complexity index is 835. The highest BCUT2D eigenvalue weighted by Crippen LogP contribution is 2.22. The van der Waals surface area contributed by atoms with Crippen LogP contribution < -0.4 is 5.32 Å². The average molecular weight is 313 g/mol. The molecule has 6 heteroatoms. The van der Waals surface area contributed by atoms with Gasteiger partial charge in [-0.2, -0.15) is 0 Å². The molecule has 3 rings (SSSR count). The molecule has 0 spiro atoms. The van der Waals surface area contributed by atoms with Gasteiger partial charge in [-0.1, -0.05) is 25.1 Å². The van der Waals surface area contributed by atoms with Gasteiger partial charge in [0.15, 0.2) is 5.01 Å². The Morgan fingerprint density at radius 3 is 2.95 bits per heavy atom. The fourth-order valence-corrected chi connectivity index (χ4v) is 2.94. The summed E-state index contributed by atoms with van der Waals surface area (Å²) < 4.78 is 0. The smallest absolute Gasteiger partial charge is 0.270 e. The molecule has 0 aliphatic heterocycles. The molecular weight excluding hydrogens is 298 g/mol. The number of hydrogen-bond acceptors (Lipinski definition) is 4. The molecule has 1 aromatic carbocycles. The predicted molar refractivity (Wildman–Crippen MR) is 86.5 cm³/mol. The van der Waals surface area contributed by atoms with Gasteiger partial charge in [-0.05, 0) is 12.5 Å². The zero-order chi connectivity index (χ0) is 15.5. The number of fused-ring (bicyclic) bond motifs is 1. The zero-order valence-electron chi connectivity index (χ0n) is 12.1. The van der Waals surface area contributed by atoms with Crippen molar-refractivity contribution >= 4 is 33.9 Å². The van der Waals surface area contributed by atoms with Crippen molar-refractivity contribution < 1.29 is 9.59 Å². The van der Waals surface area contributed by atoms with Crippen LogP contribution in [0.15, 0.2) is 35.8 Å². The summed E-state index contributed by atoms with van der Waals surface area (Å²) in [6, 6.07) is 7.60. The maximum atomic E-state index is 12.6. The zero-order valence-corrected chi connectivity index (χ0v) is 12.9. The molecule has 0 bridgehead atoms. The Hall–Kier alpha value is -2.47. The number of benzene rings is 1. The molecule has 2 heterocycles. The number of thiazole rings is 1. The molecule has 5 nitrogen and oxygen atoms in total. The van der Waals surface area contributed by atoms with Gasteiger partial charge in [-0.25, -0.2) is 4.98 Å². The summed E-state index contributed by atoms with van der Waals surface area (Å²) in [5.41, 5.74) is 1.77. The number of aromatic amines is 1. The topological polar surface area (TPSA) is 74.8 Å².